The molecular formula is C17H25BrClNO. The molecule has 0 aliphatic carbocycles. The van der Waals surface area contributed by atoms with Gasteiger partial charge < -0.3 is 4.90 Å². The molecule has 0 aliphatic heterocycles. The number of hydrogen-bond donors (Lipinski definition) is 0. The van der Waals surface area contributed by atoms with Crippen LogP contribution in [0.25, 0.3) is 6.08 Å². The number of nitrogens with zero attached hydrogens (tertiary/aromatic N) is 1. The second kappa shape index (κ2) is 9.39. The molecule has 1 rings (SSSR count). The third-order valence-electron chi connectivity index (χ3n) is 3.48. The van der Waals surface area contributed by atoms with Crippen LogP contribution in [0.1, 0.15) is 33.3 Å². The van der Waals surface area contributed by atoms with E-state index in [1.807, 2.05) is 44.2 Å². The molecular weight excluding hydrogens is 350 g/mol. The summed E-state index contributed by atoms with van der Waals surface area (Å²) < 4.78 is 0. The number of ketones is 1. The highest BCUT2D eigenvalue weighted by molar-refractivity contribution is 8.93. The van der Waals surface area contributed by atoms with E-state index in [2.05, 4.69) is 18.7 Å². The fourth-order valence-electron chi connectivity index (χ4n) is 2.06. The van der Waals surface area contributed by atoms with Crippen molar-refractivity contribution < 1.29 is 4.79 Å². The van der Waals surface area contributed by atoms with Gasteiger partial charge in [0.05, 0.1) is 0 Å². The van der Waals surface area contributed by atoms with Gasteiger partial charge in [-0.05, 0) is 36.9 Å². The Hall–Kier alpha value is -0.640. The molecule has 0 atom stereocenters. The van der Waals surface area contributed by atoms with E-state index in [0.717, 1.165) is 25.2 Å². The van der Waals surface area contributed by atoms with Gasteiger partial charge in [-0.25, -0.2) is 0 Å². The van der Waals surface area contributed by atoms with Gasteiger partial charge in [0.25, 0.3) is 0 Å². The van der Waals surface area contributed by atoms with E-state index in [1.54, 1.807) is 6.08 Å². The summed E-state index contributed by atoms with van der Waals surface area (Å²) in [5, 5.41) is 0.704. The van der Waals surface area contributed by atoms with Crippen molar-refractivity contribution in [3.05, 3.63) is 40.9 Å². The predicted molar refractivity (Wildman–Crippen MR) is 97.4 cm³/mol. The molecule has 0 bridgehead atoms. The Labute approximate surface area is 143 Å². The Morgan fingerprint density at radius 2 is 1.71 bits per heavy atom. The van der Waals surface area contributed by atoms with E-state index in [1.165, 1.54) is 0 Å². The first kappa shape index (κ1) is 20.4. The Kier molecular flexibility index (Phi) is 9.11. The van der Waals surface area contributed by atoms with Crippen molar-refractivity contribution in [1.29, 1.82) is 0 Å². The summed E-state index contributed by atoms with van der Waals surface area (Å²) >= 11 is 5.84. The minimum atomic E-state index is -0.366. The average molecular weight is 375 g/mol. The van der Waals surface area contributed by atoms with E-state index < -0.39 is 0 Å². The molecule has 0 heterocycles. The zero-order chi connectivity index (χ0) is 15.2. The van der Waals surface area contributed by atoms with Crippen molar-refractivity contribution in [2.75, 3.05) is 19.6 Å². The number of carbonyl (C=O) groups is 1. The molecule has 0 radical (unpaired) electrons. The van der Waals surface area contributed by atoms with Gasteiger partial charge in [0.15, 0.2) is 5.78 Å². The van der Waals surface area contributed by atoms with Crippen LogP contribution in [0.5, 0.6) is 0 Å². The van der Waals surface area contributed by atoms with Gasteiger partial charge in [-0.1, -0.05) is 57.5 Å². The lowest BCUT2D eigenvalue weighted by Gasteiger charge is -2.29. The molecule has 1 aromatic carbocycles. The van der Waals surface area contributed by atoms with Crippen molar-refractivity contribution in [2.24, 2.45) is 5.41 Å². The van der Waals surface area contributed by atoms with Crippen molar-refractivity contribution in [2.45, 2.75) is 27.7 Å². The Morgan fingerprint density at radius 3 is 2.19 bits per heavy atom. The predicted octanol–water partition coefficient (Wildman–Crippen LogP) is 4.87. The fraction of sp³-hybridized carbons (Fsp3) is 0.471. The van der Waals surface area contributed by atoms with Gasteiger partial charge in [0.2, 0.25) is 0 Å². The minimum absolute atomic E-state index is 0. The standard InChI is InChI=1S/C17H24ClNO.BrH/c1-5-19(6-2)13-17(3,4)16(20)12-9-14-7-10-15(18)11-8-14;/h7-12H,5-6,13H2,1-4H3;1H. The van der Waals surface area contributed by atoms with Gasteiger partial charge in [0, 0.05) is 17.0 Å². The second-order valence-corrected chi connectivity index (χ2v) is 6.03. The molecule has 0 amide bonds. The molecule has 0 aromatic heterocycles. The summed E-state index contributed by atoms with van der Waals surface area (Å²) in [5.41, 5.74) is 0.621. The molecule has 0 aliphatic rings. The summed E-state index contributed by atoms with van der Waals surface area (Å²) in [4.78, 5) is 14.6. The smallest absolute Gasteiger partial charge is 0.162 e. The van der Waals surface area contributed by atoms with Gasteiger partial charge in [-0.2, -0.15) is 0 Å². The number of halogens is 2. The third-order valence-corrected chi connectivity index (χ3v) is 3.73. The Morgan fingerprint density at radius 1 is 1.19 bits per heavy atom. The van der Waals surface area contributed by atoms with E-state index in [9.17, 15) is 4.79 Å². The van der Waals surface area contributed by atoms with Crippen molar-refractivity contribution in [1.82, 2.24) is 4.90 Å². The fourth-order valence-corrected chi connectivity index (χ4v) is 2.18. The van der Waals surface area contributed by atoms with Crippen LogP contribution in [0.2, 0.25) is 5.02 Å². The summed E-state index contributed by atoms with van der Waals surface area (Å²) in [6.45, 7) is 11.0. The first-order valence-electron chi connectivity index (χ1n) is 7.09. The molecule has 118 valence electrons. The van der Waals surface area contributed by atoms with Crippen molar-refractivity contribution in [3.63, 3.8) is 0 Å². The van der Waals surface area contributed by atoms with E-state index >= 15 is 0 Å². The zero-order valence-corrected chi connectivity index (χ0v) is 15.7. The highest BCUT2D eigenvalue weighted by Gasteiger charge is 2.27. The van der Waals surface area contributed by atoms with Crippen LogP contribution in [0, 0.1) is 5.41 Å². The number of carbonyl (C=O) groups excluding carboxylic acids is 1. The average Bonchev–Trinajstić information content (AvgIpc) is 2.43. The van der Waals surface area contributed by atoms with E-state index in [-0.39, 0.29) is 28.2 Å². The molecule has 4 heteroatoms. The maximum atomic E-state index is 12.3. The lowest BCUT2D eigenvalue weighted by Crippen LogP contribution is -2.38. The number of rotatable bonds is 7. The molecule has 0 N–H and O–H groups in total. The van der Waals surface area contributed by atoms with Gasteiger partial charge >= 0.3 is 0 Å². The summed E-state index contributed by atoms with van der Waals surface area (Å²) in [5.74, 6) is 0.152. The zero-order valence-electron chi connectivity index (χ0n) is 13.2. The number of hydrogen-bond acceptors (Lipinski definition) is 2. The number of benzene rings is 1. The topological polar surface area (TPSA) is 20.3 Å². The van der Waals surface area contributed by atoms with Crippen molar-refractivity contribution in [3.8, 4) is 0 Å². The third kappa shape index (κ3) is 6.77. The van der Waals surface area contributed by atoms with Crippen LogP contribution in [0.4, 0.5) is 0 Å². The maximum absolute atomic E-state index is 12.3. The van der Waals surface area contributed by atoms with Crippen LogP contribution in [0.3, 0.4) is 0 Å². The quantitative estimate of drug-likeness (QED) is 0.635. The molecule has 0 saturated heterocycles. The van der Waals surface area contributed by atoms with Crippen LogP contribution in [0.15, 0.2) is 30.3 Å². The molecule has 0 fully saturated rings. The summed E-state index contributed by atoms with van der Waals surface area (Å²) in [6, 6.07) is 7.46. The highest BCUT2D eigenvalue weighted by atomic mass is 79.9. The molecule has 2 nitrogen and oxygen atoms in total. The van der Waals surface area contributed by atoms with Crippen LogP contribution in [-0.4, -0.2) is 30.3 Å². The minimum Gasteiger partial charge on any atom is -0.303 e. The molecule has 0 unspecified atom stereocenters. The molecule has 0 spiro atoms. The monoisotopic (exact) mass is 373 g/mol. The Bertz CT molecular complexity index is 464. The summed E-state index contributed by atoms with van der Waals surface area (Å²) in [6.07, 6.45) is 3.52. The van der Waals surface area contributed by atoms with Gasteiger partial charge in [-0.3, -0.25) is 4.79 Å². The maximum Gasteiger partial charge on any atom is 0.162 e. The first-order chi connectivity index (χ1) is 9.39. The SMILES string of the molecule is Br.CCN(CC)CC(C)(C)C(=O)C=Cc1ccc(Cl)cc1. The second-order valence-electron chi connectivity index (χ2n) is 5.59. The lowest BCUT2D eigenvalue weighted by atomic mass is 9.87. The largest absolute Gasteiger partial charge is 0.303 e. The normalized spacial score (nSPS) is 11.7. The van der Waals surface area contributed by atoms with Crippen molar-refractivity contribution >= 4 is 40.4 Å². The number of allylic oxidation sites excluding steroid dienone is 1. The highest BCUT2D eigenvalue weighted by Crippen LogP contribution is 2.20. The van der Waals surface area contributed by atoms with Crippen LogP contribution < -0.4 is 0 Å². The summed E-state index contributed by atoms with van der Waals surface area (Å²) in [7, 11) is 0. The van der Waals surface area contributed by atoms with Crippen LogP contribution >= 0.6 is 28.6 Å². The van der Waals surface area contributed by atoms with Crippen LogP contribution in [-0.2, 0) is 4.79 Å². The van der Waals surface area contributed by atoms with Gasteiger partial charge in [0.1, 0.15) is 0 Å². The first-order valence-corrected chi connectivity index (χ1v) is 7.47. The molecule has 0 saturated carbocycles. The van der Waals surface area contributed by atoms with Gasteiger partial charge in [-0.15, -0.1) is 17.0 Å². The van der Waals surface area contributed by atoms with E-state index in [0.29, 0.717) is 5.02 Å². The molecule has 21 heavy (non-hydrogen) atoms. The van der Waals surface area contributed by atoms with E-state index in [4.69, 9.17) is 11.6 Å². The Balaban J connectivity index is 0.00000400. The molecule has 1 aromatic rings. The lowest BCUT2D eigenvalue weighted by molar-refractivity contribution is -0.123.